The minimum atomic E-state index is -0.950. The molecule has 1 aliphatic heterocycles. The van der Waals surface area contributed by atoms with Crippen LogP contribution < -0.4 is 5.73 Å². The third-order valence-electron chi connectivity index (χ3n) is 2.73. The molecule has 7 heteroatoms. The maximum atomic E-state index is 11.0. The number of hydrogen-bond donors (Lipinski definition) is 4. The van der Waals surface area contributed by atoms with Gasteiger partial charge in [-0.25, -0.2) is 0 Å². The van der Waals surface area contributed by atoms with Gasteiger partial charge >= 0.3 is 0 Å². The summed E-state index contributed by atoms with van der Waals surface area (Å²) < 4.78 is 0. The first-order chi connectivity index (χ1) is 8.04. The van der Waals surface area contributed by atoms with Crippen LogP contribution in [0.4, 0.5) is 0 Å². The van der Waals surface area contributed by atoms with Crippen LogP contribution in [-0.2, 0) is 0 Å². The van der Waals surface area contributed by atoms with Crippen molar-refractivity contribution >= 4 is 29.0 Å². The van der Waals surface area contributed by atoms with Crippen molar-refractivity contribution in [3.8, 4) is 0 Å². The molecule has 0 aromatic carbocycles. The molecule has 0 bridgehead atoms. The first-order valence-corrected chi connectivity index (χ1v) is 6.87. The van der Waals surface area contributed by atoms with Gasteiger partial charge in [0.2, 0.25) is 5.91 Å². The van der Waals surface area contributed by atoms with E-state index in [-0.39, 0.29) is 11.9 Å². The average molecular weight is 275 g/mol. The summed E-state index contributed by atoms with van der Waals surface area (Å²) in [5.41, 5.74) is 5.55. The molecule has 1 fully saturated rings. The molecular formula is C10H13NO4S2. The van der Waals surface area contributed by atoms with E-state index in [0.717, 1.165) is 4.88 Å². The second kappa shape index (κ2) is 4.95. The van der Waals surface area contributed by atoms with E-state index in [2.05, 4.69) is 0 Å². The van der Waals surface area contributed by atoms with E-state index >= 15 is 0 Å². The highest BCUT2D eigenvalue weighted by Crippen LogP contribution is 2.46. The van der Waals surface area contributed by atoms with Crippen LogP contribution in [0.25, 0.3) is 0 Å². The summed E-state index contributed by atoms with van der Waals surface area (Å²) in [5.74, 6) is -0.510. The fraction of sp³-hybridized carbons (Fsp3) is 0.500. The highest BCUT2D eigenvalue weighted by atomic mass is 32.2. The lowest BCUT2D eigenvalue weighted by Crippen LogP contribution is -2.31. The van der Waals surface area contributed by atoms with Crippen LogP contribution >= 0.6 is 23.1 Å². The number of primary amides is 1. The van der Waals surface area contributed by atoms with Gasteiger partial charge in [0.15, 0.2) is 0 Å². The monoisotopic (exact) mass is 275 g/mol. The lowest BCUT2D eigenvalue weighted by atomic mass is 10.1. The quantitative estimate of drug-likeness (QED) is 0.607. The van der Waals surface area contributed by atoms with E-state index in [1.807, 2.05) is 0 Å². The van der Waals surface area contributed by atoms with E-state index in [4.69, 9.17) is 10.8 Å². The number of thiophene rings is 1. The lowest BCUT2D eigenvalue weighted by Gasteiger charge is -2.13. The Hall–Kier alpha value is -0.600. The summed E-state index contributed by atoms with van der Waals surface area (Å²) in [6.45, 7) is -0.187. The van der Waals surface area contributed by atoms with Gasteiger partial charge in [0.05, 0.1) is 34.9 Å². The fourth-order valence-corrected chi connectivity index (χ4v) is 4.32. The van der Waals surface area contributed by atoms with Crippen molar-refractivity contribution in [1.82, 2.24) is 0 Å². The van der Waals surface area contributed by atoms with E-state index in [1.54, 1.807) is 11.4 Å². The van der Waals surface area contributed by atoms with Gasteiger partial charge in [-0.05, 0) is 6.07 Å². The highest BCUT2D eigenvalue weighted by molar-refractivity contribution is 8.00. The van der Waals surface area contributed by atoms with E-state index in [9.17, 15) is 15.0 Å². The van der Waals surface area contributed by atoms with Gasteiger partial charge in [0.1, 0.15) is 0 Å². The van der Waals surface area contributed by atoms with Gasteiger partial charge in [-0.15, -0.1) is 23.1 Å². The van der Waals surface area contributed by atoms with Crippen molar-refractivity contribution in [3.05, 3.63) is 21.9 Å². The minimum Gasteiger partial charge on any atom is -0.395 e. The Kier molecular flexibility index (Phi) is 3.74. The molecule has 17 heavy (non-hydrogen) atoms. The number of carbonyl (C=O) groups excluding carboxylic acids is 1. The standard InChI is InChI=1S/C10H13NO4S2/c11-10(15)4-1-5(16-3-4)9-8(14)7(13)6(2-12)17-9/h1,3,6-9,12-14H,2H2,(H2,11,15)/t6-,7+,8?,9+/m1/s1. The number of nitrogens with two attached hydrogens (primary N) is 1. The molecule has 94 valence electrons. The average Bonchev–Trinajstić information content (AvgIpc) is 2.87. The first-order valence-electron chi connectivity index (χ1n) is 5.05. The molecule has 0 saturated carbocycles. The van der Waals surface area contributed by atoms with Crippen LogP contribution in [0.2, 0.25) is 0 Å². The van der Waals surface area contributed by atoms with E-state index < -0.39 is 23.4 Å². The Morgan fingerprint density at radius 2 is 2.12 bits per heavy atom. The SMILES string of the molecule is NC(=O)c1csc([C@@H]2S[C@H](CO)[C@H](O)C2O)c1. The van der Waals surface area contributed by atoms with E-state index in [0.29, 0.717) is 5.56 Å². The highest BCUT2D eigenvalue weighted by Gasteiger charge is 2.43. The molecule has 1 aromatic rings. The summed E-state index contributed by atoms with van der Waals surface area (Å²) in [6, 6.07) is 1.63. The zero-order valence-electron chi connectivity index (χ0n) is 8.81. The summed E-state index contributed by atoms with van der Waals surface area (Å²) in [7, 11) is 0. The van der Waals surface area contributed by atoms with Gasteiger partial charge in [-0.2, -0.15) is 0 Å². The molecular weight excluding hydrogens is 262 g/mol. The zero-order chi connectivity index (χ0) is 12.6. The molecule has 1 aliphatic rings. The van der Waals surface area contributed by atoms with E-state index in [1.165, 1.54) is 23.1 Å². The lowest BCUT2D eigenvalue weighted by molar-refractivity contribution is 0.0202. The van der Waals surface area contributed by atoms with Crippen LogP contribution in [0.5, 0.6) is 0 Å². The molecule has 0 spiro atoms. The molecule has 0 aliphatic carbocycles. The van der Waals surface area contributed by atoms with Crippen molar-refractivity contribution in [1.29, 1.82) is 0 Å². The summed E-state index contributed by atoms with van der Waals surface area (Å²) in [5, 5.41) is 29.5. The molecule has 1 amide bonds. The molecule has 0 radical (unpaired) electrons. The van der Waals surface area contributed by atoms with Crippen LogP contribution in [0.3, 0.4) is 0 Å². The third-order valence-corrected chi connectivity index (χ3v) is 5.50. The summed E-state index contributed by atoms with van der Waals surface area (Å²) >= 11 is 2.63. The van der Waals surface area contributed by atoms with Gasteiger partial charge in [-0.1, -0.05) is 0 Å². The number of aliphatic hydroxyl groups is 3. The number of thioether (sulfide) groups is 1. The van der Waals surface area contributed by atoms with Gasteiger partial charge < -0.3 is 21.1 Å². The van der Waals surface area contributed by atoms with Crippen LogP contribution in [0, 0.1) is 0 Å². The number of rotatable bonds is 3. The first kappa shape index (κ1) is 12.8. The van der Waals surface area contributed by atoms with Crippen molar-refractivity contribution in [2.75, 3.05) is 6.61 Å². The van der Waals surface area contributed by atoms with Crippen molar-refractivity contribution in [2.24, 2.45) is 5.73 Å². The molecule has 1 aromatic heterocycles. The Bertz CT molecular complexity index is 422. The van der Waals surface area contributed by atoms with Crippen LogP contribution in [0.15, 0.2) is 11.4 Å². The second-order valence-electron chi connectivity index (χ2n) is 3.86. The Balaban J connectivity index is 2.19. The van der Waals surface area contributed by atoms with Crippen LogP contribution in [0.1, 0.15) is 20.5 Å². The number of aliphatic hydroxyl groups excluding tert-OH is 3. The maximum absolute atomic E-state index is 11.0. The predicted octanol–water partition coefficient (Wildman–Crippen LogP) is -0.282. The topological polar surface area (TPSA) is 104 Å². The predicted molar refractivity (Wildman–Crippen MR) is 66.1 cm³/mol. The molecule has 4 atom stereocenters. The summed E-state index contributed by atoms with van der Waals surface area (Å²) in [6.07, 6.45) is -1.88. The number of amides is 1. The molecule has 2 rings (SSSR count). The Labute approximate surface area is 106 Å². The maximum Gasteiger partial charge on any atom is 0.249 e. The Morgan fingerprint density at radius 3 is 2.59 bits per heavy atom. The fourth-order valence-electron chi connectivity index (χ4n) is 1.77. The number of carbonyl (C=O) groups is 1. The zero-order valence-corrected chi connectivity index (χ0v) is 10.4. The molecule has 5 N–H and O–H groups in total. The normalized spacial score (nSPS) is 32.9. The van der Waals surface area contributed by atoms with Crippen molar-refractivity contribution < 1.29 is 20.1 Å². The van der Waals surface area contributed by atoms with Crippen LogP contribution in [-0.4, -0.2) is 45.3 Å². The Morgan fingerprint density at radius 1 is 1.41 bits per heavy atom. The smallest absolute Gasteiger partial charge is 0.249 e. The molecule has 2 heterocycles. The second-order valence-corrected chi connectivity index (χ2v) is 6.19. The largest absolute Gasteiger partial charge is 0.395 e. The minimum absolute atomic E-state index is 0.187. The molecule has 1 saturated heterocycles. The number of hydrogen-bond acceptors (Lipinski definition) is 6. The van der Waals surface area contributed by atoms with Crippen molar-refractivity contribution in [2.45, 2.75) is 22.7 Å². The third kappa shape index (κ3) is 2.34. The van der Waals surface area contributed by atoms with Gasteiger partial charge in [0, 0.05) is 10.3 Å². The molecule has 1 unspecified atom stereocenters. The summed E-state index contributed by atoms with van der Waals surface area (Å²) in [4.78, 5) is 11.7. The van der Waals surface area contributed by atoms with Gasteiger partial charge in [-0.3, -0.25) is 4.79 Å². The van der Waals surface area contributed by atoms with Gasteiger partial charge in [0.25, 0.3) is 0 Å². The van der Waals surface area contributed by atoms with Crippen molar-refractivity contribution in [3.63, 3.8) is 0 Å². The molecule has 5 nitrogen and oxygen atoms in total.